The van der Waals surface area contributed by atoms with Crippen LogP contribution < -0.4 is 22.1 Å². The predicted octanol–water partition coefficient (Wildman–Crippen LogP) is -0.550. The highest BCUT2D eigenvalue weighted by atomic mass is 32.2. The molecular formula is C8H15N7O2S3. The smallest absolute Gasteiger partial charge is 0.332 e. The zero-order valence-electron chi connectivity index (χ0n) is 10.4. The SMILES string of the molecule is NNS(=O)(=O)/N=C/CCSCc1csc(N=C(N)N)n1. The summed E-state index contributed by atoms with van der Waals surface area (Å²) in [6, 6.07) is 0. The summed E-state index contributed by atoms with van der Waals surface area (Å²) in [6.45, 7) is 0. The number of nitrogens with one attached hydrogen (secondary N) is 1. The molecule has 7 N–H and O–H groups in total. The molecule has 0 saturated heterocycles. The highest BCUT2D eigenvalue weighted by Crippen LogP contribution is 2.21. The van der Waals surface area contributed by atoms with Gasteiger partial charge in [0.15, 0.2) is 5.96 Å². The molecule has 20 heavy (non-hydrogen) atoms. The summed E-state index contributed by atoms with van der Waals surface area (Å²) < 4.78 is 25.0. The van der Waals surface area contributed by atoms with Gasteiger partial charge in [0.2, 0.25) is 5.13 Å². The van der Waals surface area contributed by atoms with Crippen LogP contribution in [0, 0.1) is 0 Å². The van der Waals surface area contributed by atoms with E-state index in [1.165, 1.54) is 17.6 Å². The lowest BCUT2D eigenvalue weighted by Gasteiger charge is -1.96. The number of thioether (sulfide) groups is 1. The predicted molar refractivity (Wildman–Crippen MR) is 83.1 cm³/mol. The molecule has 0 aliphatic rings. The quantitative estimate of drug-likeness (QED) is 0.163. The largest absolute Gasteiger partial charge is 0.370 e. The van der Waals surface area contributed by atoms with Gasteiger partial charge in [-0.05, 0) is 12.2 Å². The minimum absolute atomic E-state index is 0.0236. The molecule has 0 atom stereocenters. The molecule has 9 nitrogen and oxygen atoms in total. The van der Waals surface area contributed by atoms with Crippen molar-refractivity contribution in [3.05, 3.63) is 11.1 Å². The Morgan fingerprint density at radius 2 is 2.30 bits per heavy atom. The van der Waals surface area contributed by atoms with Crippen LogP contribution in [-0.4, -0.2) is 31.3 Å². The fourth-order valence-electron chi connectivity index (χ4n) is 1.02. The molecule has 0 unspecified atom stereocenters. The zero-order valence-corrected chi connectivity index (χ0v) is 12.8. The number of aromatic nitrogens is 1. The lowest BCUT2D eigenvalue weighted by molar-refractivity contribution is 0.586. The molecule has 0 bridgehead atoms. The van der Waals surface area contributed by atoms with Gasteiger partial charge in [-0.1, -0.05) is 0 Å². The summed E-state index contributed by atoms with van der Waals surface area (Å²) in [6.07, 6.45) is 1.81. The van der Waals surface area contributed by atoms with E-state index in [1.807, 2.05) is 5.38 Å². The van der Waals surface area contributed by atoms with Crippen LogP contribution >= 0.6 is 23.1 Å². The average Bonchev–Trinajstić information content (AvgIpc) is 2.80. The minimum Gasteiger partial charge on any atom is -0.370 e. The van der Waals surface area contributed by atoms with E-state index in [0.29, 0.717) is 23.1 Å². The first kappa shape index (κ1) is 16.8. The first-order chi connectivity index (χ1) is 9.43. The Hall–Kier alpha value is -1.21. The van der Waals surface area contributed by atoms with Crippen molar-refractivity contribution in [3.63, 3.8) is 0 Å². The third-order valence-electron chi connectivity index (χ3n) is 1.77. The molecule has 0 aromatic carbocycles. The number of hydrazine groups is 1. The van der Waals surface area contributed by atoms with Crippen molar-refractivity contribution in [2.75, 3.05) is 5.75 Å². The van der Waals surface area contributed by atoms with Crippen molar-refractivity contribution in [3.8, 4) is 0 Å². The van der Waals surface area contributed by atoms with Crippen LogP contribution in [0.15, 0.2) is 14.8 Å². The second kappa shape index (κ2) is 8.16. The second-order valence-corrected chi connectivity index (χ2v) is 6.72. The van der Waals surface area contributed by atoms with Crippen LogP contribution in [0.4, 0.5) is 5.13 Å². The molecule has 112 valence electrons. The zero-order chi connectivity index (χ0) is 15.0. The summed E-state index contributed by atoms with van der Waals surface area (Å²) >= 11 is 2.94. The molecule has 0 amide bonds. The lowest BCUT2D eigenvalue weighted by atomic mass is 10.5. The van der Waals surface area contributed by atoms with Crippen LogP contribution in [0.2, 0.25) is 0 Å². The highest BCUT2D eigenvalue weighted by molar-refractivity contribution is 7.98. The van der Waals surface area contributed by atoms with E-state index in [0.717, 1.165) is 5.69 Å². The van der Waals surface area contributed by atoms with Crippen molar-refractivity contribution in [1.82, 2.24) is 9.82 Å². The highest BCUT2D eigenvalue weighted by Gasteiger charge is 2.02. The van der Waals surface area contributed by atoms with Crippen LogP contribution in [0.5, 0.6) is 0 Å². The third-order valence-corrected chi connectivity index (χ3v) is 4.30. The lowest BCUT2D eigenvalue weighted by Crippen LogP contribution is -2.28. The molecular weight excluding hydrogens is 322 g/mol. The van der Waals surface area contributed by atoms with E-state index in [2.05, 4.69) is 14.4 Å². The summed E-state index contributed by atoms with van der Waals surface area (Å²) in [7, 11) is -3.73. The topological polar surface area (TPSA) is 162 Å². The second-order valence-electron chi connectivity index (χ2n) is 3.38. The van der Waals surface area contributed by atoms with Crippen LogP contribution in [0.1, 0.15) is 12.1 Å². The Labute approximate surface area is 124 Å². The molecule has 1 aromatic heterocycles. The van der Waals surface area contributed by atoms with E-state index in [4.69, 9.17) is 17.3 Å². The number of rotatable bonds is 8. The van der Waals surface area contributed by atoms with Gasteiger partial charge in [0.05, 0.1) is 5.69 Å². The number of nitrogens with two attached hydrogens (primary N) is 3. The third kappa shape index (κ3) is 6.81. The summed E-state index contributed by atoms with van der Waals surface area (Å²) in [5.74, 6) is 6.14. The number of thiazole rings is 1. The maximum absolute atomic E-state index is 10.9. The van der Waals surface area contributed by atoms with E-state index < -0.39 is 10.2 Å². The van der Waals surface area contributed by atoms with Gasteiger partial charge in [-0.25, -0.2) is 4.98 Å². The summed E-state index contributed by atoms with van der Waals surface area (Å²) in [4.78, 5) is 9.66. The first-order valence-electron chi connectivity index (χ1n) is 5.31. The van der Waals surface area contributed by atoms with Gasteiger partial charge in [0.25, 0.3) is 0 Å². The number of hydrogen-bond donors (Lipinski definition) is 4. The summed E-state index contributed by atoms with van der Waals surface area (Å²) in [5, 5.41) is 2.38. The van der Waals surface area contributed by atoms with E-state index in [1.54, 1.807) is 16.6 Å². The minimum atomic E-state index is -3.73. The Balaban J connectivity index is 2.28. The molecule has 0 saturated carbocycles. The number of guanidine groups is 1. The van der Waals surface area contributed by atoms with Gasteiger partial charge in [-0.3, -0.25) is 5.84 Å². The van der Waals surface area contributed by atoms with Crippen molar-refractivity contribution < 1.29 is 8.42 Å². The molecule has 1 rings (SSSR count). The number of hydrogen-bond acceptors (Lipinski definition) is 7. The fourth-order valence-corrected chi connectivity index (χ4v) is 2.97. The van der Waals surface area contributed by atoms with Crippen molar-refractivity contribution in [2.24, 2.45) is 26.7 Å². The van der Waals surface area contributed by atoms with Crippen LogP contribution in [-0.2, 0) is 16.0 Å². The monoisotopic (exact) mass is 337 g/mol. The Bertz CT molecular complexity index is 577. The van der Waals surface area contributed by atoms with E-state index >= 15 is 0 Å². The van der Waals surface area contributed by atoms with Crippen molar-refractivity contribution >= 4 is 50.6 Å². The van der Waals surface area contributed by atoms with Crippen molar-refractivity contribution in [1.29, 1.82) is 0 Å². The Kier molecular flexibility index (Phi) is 6.87. The normalized spacial score (nSPS) is 11.8. The van der Waals surface area contributed by atoms with E-state index in [9.17, 15) is 8.42 Å². The van der Waals surface area contributed by atoms with Gasteiger partial charge in [0, 0.05) is 17.3 Å². The molecule has 0 aliphatic heterocycles. The standard InChI is InChI=1S/C8H15N7O2S3/c9-7(10)14-8-13-6(5-19-8)4-18-3-1-2-12-20(16,17)15-11/h2,5,15H,1,3-4,11H2,(H4,9,10,13,14)/b12-2+. The number of nitrogens with zero attached hydrogens (tertiary/aromatic N) is 3. The molecule has 0 radical (unpaired) electrons. The van der Waals surface area contributed by atoms with E-state index in [-0.39, 0.29) is 5.96 Å². The molecule has 12 heteroatoms. The number of aliphatic imine (C=N–C) groups is 1. The fraction of sp³-hybridized carbons (Fsp3) is 0.375. The van der Waals surface area contributed by atoms with Gasteiger partial charge in [-0.2, -0.15) is 29.6 Å². The molecule has 1 aromatic rings. The average molecular weight is 337 g/mol. The molecule has 1 heterocycles. The van der Waals surface area contributed by atoms with Gasteiger partial charge in [-0.15, -0.1) is 16.2 Å². The first-order valence-corrected chi connectivity index (χ1v) is 8.78. The Morgan fingerprint density at radius 1 is 1.55 bits per heavy atom. The van der Waals surface area contributed by atoms with Crippen LogP contribution in [0.25, 0.3) is 0 Å². The maximum atomic E-state index is 10.9. The molecule has 0 spiro atoms. The summed E-state index contributed by atoms with van der Waals surface area (Å²) in [5.41, 5.74) is 11.4. The van der Waals surface area contributed by atoms with Gasteiger partial charge in [0.1, 0.15) is 0 Å². The Morgan fingerprint density at radius 3 is 2.95 bits per heavy atom. The van der Waals surface area contributed by atoms with Gasteiger partial charge >= 0.3 is 10.2 Å². The van der Waals surface area contributed by atoms with Crippen LogP contribution in [0.3, 0.4) is 0 Å². The van der Waals surface area contributed by atoms with Crippen molar-refractivity contribution in [2.45, 2.75) is 12.2 Å². The molecule has 0 fully saturated rings. The maximum Gasteiger partial charge on any atom is 0.332 e. The molecule has 0 aliphatic carbocycles. The van der Waals surface area contributed by atoms with Gasteiger partial charge < -0.3 is 11.5 Å².